The molecule has 0 atom stereocenters. The molecular formula is C21H19N5O3. The molecule has 0 unspecified atom stereocenters. The SMILES string of the molecule is CC(=O)Nc1cccc(NC(=O)c2ccnc(C(=O)NCc3cccnc3)c2)c1. The normalized spacial score (nSPS) is 10.1. The van der Waals surface area contributed by atoms with Gasteiger partial charge in [-0.2, -0.15) is 0 Å². The first-order valence-corrected chi connectivity index (χ1v) is 8.83. The van der Waals surface area contributed by atoms with Gasteiger partial charge in [-0.05, 0) is 42.0 Å². The van der Waals surface area contributed by atoms with Crippen molar-refractivity contribution in [2.24, 2.45) is 0 Å². The lowest BCUT2D eigenvalue weighted by molar-refractivity contribution is -0.114. The maximum Gasteiger partial charge on any atom is 0.270 e. The first kappa shape index (κ1) is 19.7. The van der Waals surface area contributed by atoms with E-state index in [-0.39, 0.29) is 17.2 Å². The number of anilines is 2. The van der Waals surface area contributed by atoms with Crippen molar-refractivity contribution in [1.29, 1.82) is 0 Å². The van der Waals surface area contributed by atoms with Crippen LogP contribution in [0.25, 0.3) is 0 Å². The van der Waals surface area contributed by atoms with Crippen LogP contribution in [0.1, 0.15) is 33.3 Å². The number of hydrogen-bond acceptors (Lipinski definition) is 5. The highest BCUT2D eigenvalue weighted by Gasteiger charge is 2.12. The molecule has 3 rings (SSSR count). The fourth-order valence-corrected chi connectivity index (χ4v) is 2.55. The third-order valence-electron chi connectivity index (χ3n) is 3.87. The van der Waals surface area contributed by atoms with Crippen molar-refractivity contribution in [3.05, 3.63) is 83.9 Å². The molecule has 0 saturated carbocycles. The average molecular weight is 389 g/mol. The van der Waals surface area contributed by atoms with Crippen LogP contribution in [0.5, 0.6) is 0 Å². The number of nitrogens with zero attached hydrogens (tertiary/aromatic N) is 2. The van der Waals surface area contributed by atoms with E-state index in [1.807, 2.05) is 6.07 Å². The van der Waals surface area contributed by atoms with Crippen molar-refractivity contribution in [2.45, 2.75) is 13.5 Å². The van der Waals surface area contributed by atoms with E-state index in [9.17, 15) is 14.4 Å². The van der Waals surface area contributed by atoms with Gasteiger partial charge in [0.15, 0.2) is 0 Å². The average Bonchev–Trinajstić information content (AvgIpc) is 2.72. The third kappa shape index (κ3) is 5.70. The standard InChI is InChI=1S/C21H19N5O3/c1-14(27)25-17-5-2-6-18(11-17)26-20(28)16-7-9-23-19(10-16)21(29)24-13-15-4-3-8-22-12-15/h2-12H,13H2,1H3,(H,24,29)(H,25,27)(H,26,28). The summed E-state index contributed by atoms with van der Waals surface area (Å²) in [6.45, 7) is 1.71. The Labute approximate surface area is 167 Å². The number of hydrogen-bond donors (Lipinski definition) is 3. The number of nitrogens with one attached hydrogen (secondary N) is 3. The summed E-state index contributed by atoms with van der Waals surface area (Å²) in [5.74, 6) is -0.991. The van der Waals surface area contributed by atoms with Gasteiger partial charge in [0.2, 0.25) is 5.91 Å². The van der Waals surface area contributed by atoms with E-state index in [0.29, 0.717) is 17.9 Å². The van der Waals surface area contributed by atoms with Gasteiger partial charge in [0.05, 0.1) is 0 Å². The summed E-state index contributed by atoms with van der Waals surface area (Å²) < 4.78 is 0. The number of pyridine rings is 2. The summed E-state index contributed by atoms with van der Waals surface area (Å²) in [6, 6.07) is 13.3. The van der Waals surface area contributed by atoms with Gasteiger partial charge < -0.3 is 16.0 Å². The second-order valence-electron chi connectivity index (χ2n) is 6.19. The Bertz CT molecular complexity index is 1040. The zero-order valence-corrected chi connectivity index (χ0v) is 15.7. The molecule has 2 aromatic heterocycles. The van der Waals surface area contributed by atoms with Gasteiger partial charge in [0.1, 0.15) is 5.69 Å². The van der Waals surface area contributed by atoms with E-state index >= 15 is 0 Å². The maximum absolute atomic E-state index is 12.5. The minimum atomic E-state index is -0.395. The molecule has 0 aliphatic rings. The predicted molar refractivity (Wildman–Crippen MR) is 108 cm³/mol. The van der Waals surface area contributed by atoms with Crippen LogP contribution in [-0.4, -0.2) is 27.7 Å². The van der Waals surface area contributed by atoms with Crippen molar-refractivity contribution in [1.82, 2.24) is 15.3 Å². The summed E-state index contributed by atoms with van der Waals surface area (Å²) >= 11 is 0. The van der Waals surface area contributed by atoms with Crippen molar-refractivity contribution in [3.63, 3.8) is 0 Å². The molecule has 1 aromatic carbocycles. The predicted octanol–water partition coefficient (Wildman–Crippen LogP) is 2.62. The van der Waals surface area contributed by atoms with Crippen molar-refractivity contribution in [2.75, 3.05) is 10.6 Å². The first-order chi connectivity index (χ1) is 14.0. The zero-order chi connectivity index (χ0) is 20.6. The largest absolute Gasteiger partial charge is 0.347 e. The van der Waals surface area contributed by atoms with E-state index in [1.165, 1.54) is 25.3 Å². The summed E-state index contributed by atoms with van der Waals surface area (Å²) in [5, 5.41) is 8.13. The molecule has 0 aliphatic carbocycles. The molecule has 3 aromatic rings. The molecule has 3 amide bonds. The fourth-order valence-electron chi connectivity index (χ4n) is 2.55. The Morgan fingerprint density at radius 2 is 1.69 bits per heavy atom. The molecule has 0 radical (unpaired) electrons. The Morgan fingerprint density at radius 1 is 0.897 bits per heavy atom. The van der Waals surface area contributed by atoms with Crippen LogP contribution in [0.4, 0.5) is 11.4 Å². The van der Waals surface area contributed by atoms with Gasteiger partial charge in [-0.25, -0.2) is 0 Å². The number of benzene rings is 1. The van der Waals surface area contributed by atoms with Crippen molar-refractivity contribution >= 4 is 29.1 Å². The molecule has 29 heavy (non-hydrogen) atoms. The fraction of sp³-hybridized carbons (Fsp3) is 0.0952. The van der Waals surface area contributed by atoms with Gasteiger partial charge in [0, 0.05) is 49.0 Å². The number of carbonyl (C=O) groups is 3. The summed E-state index contributed by atoms with van der Waals surface area (Å²) in [4.78, 5) is 44.1. The minimum absolute atomic E-state index is 0.133. The molecule has 0 spiro atoms. The van der Waals surface area contributed by atoms with E-state index in [1.54, 1.807) is 42.7 Å². The van der Waals surface area contributed by atoms with Crippen molar-refractivity contribution < 1.29 is 14.4 Å². The van der Waals surface area contributed by atoms with E-state index in [0.717, 1.165) is 5.56 Å². The maximum atomic E-state index is 12.5. The molecule has 146 valence electrons. The number of amides is 3. The third-order valence-corrected chi connectivity index (χ3v) is 3.87. The molecule has 8 nitrogen and oxygen atoms in total. The number of rotatable bonds is 6. The number of carbonyl (C=O) groups excluding carboxylic acids is 3. The van der Waals surface area contributed by atoms with E-state index in [2.05, 4.69) is 25.9 Å². The van der Waals surface area contributed by atoms with Crippen LogP contribution in [-0.2, 0) is 11.3 Å². The van der Waals surface area contributed by atoms with Crippen LogP contribution in [0.3, 0.4) is 0 Å². The van der Waals surface area contributed by atoms with E-state index < -0.39 is 11.8 Å². The van der Waals surface area contributed by atoms with Gasteiger partial charge in [0.25, 0.3) is 11.8 Å². The molecular weight excluding hydrogens is 370 g/mol. The molecule has 0 fully saturated rings. The lowest BCUT2D eigenvalue weighted by Gasteiger charge is -2.09. The molecule has 8 heteroatoms. The Kier molecular flexibility index (Phi) is 6.26. The van der Waals surface area contributed by atoms with Gasteiger partial charge >= 0.3 is 0 Å². The molecule has 0 bridgehead atoms. The molecule has 0 aliphatic heterocycles. The second kappa shape index (κ2) is 9.23. The Morgan fingerprint density at radius 3 is 2.41 bits per heavy atom. The topological polar surface area (TPSA) is 113 Å². The summed E-state index contributed by atoms with van der Waals surface area (Å²) in [7, 11) is 0. The highest BCUT2D eigenvalue weighted by molar-refractivity contribution is 6.06. The molecule has 3 N–H and O–H groups in total. The summed E-state index contributed by atoms with van der Waals surface area (Å²) in [5.41, 5.74) is 2.36. The van der Waals surface area contributed by atoms with Crippen LogP contribution in [0, 0.1) is 0 Å². The summed E-state index contributed by atoms with van der Waals surface area (Å²) in [6.07, 6.45) is 4.72. The highest BCUT2D eigenvalue weighted by Crippen LogP contribution is 2.16. The lowest BCUT2D eigenvalue weighted by Crippen LogP contribution is -2.24. The van der Waals surface area contributed by atoms with Gasteiger partial charge in [-0.1, -0.05) is 12.1 Å². The van der Waals surface area contributed by atoms with Crippen molar-refractivity contribution in [3.8, 4) is 0 Å². The zero-order valence-electron chi connectivity index (χ0n) is 15.7. The second-order valence-corrected chi connectivity index (χ2v) is 6.19. The number of aromatic nitrogens is 2. The first-order valence-electron chi connectivity index (χ1n) is 8.83. The van der Waals surface area contributed by atoms with Gasteiger partial charge in [-0.3, -0.25) is 24.4 Å². The minimum Gasteiger partial charge on any atom is -0.347 e. The Hall–Kier alpha value is -4.07. The Balaban J connectivity index is 1.66. The van der Waals surface area contributed by atoms with E-state index in [4.69, 9.17) is 0 Å². The van der Waals surface area contributed by atoms with Crippen LogP contribution in [0.15, 0.2) is 67.1 Å². The molecule has 2 heterocycles. The quantitative estimate of drug-likeness (QED) is 0.600. The molecule has 0 saturated heterocycles. The van der Waals surface area contributed by atoms with Crippen LogP contribution >= 0.6 is 0 Å². The monoisotopic (exact) mass is 389 g/mol. The van der Waals surface area contributed by atoms with Crippen LogP contribution in [0.2, 0.25) is 0 Å². The highest BCUT2D eigenvalue weighted by atomic mass is 16.2. The van der Waals surface area contributed by atoms with Crippen LogP contribution < -0.4 is 16.0 Å². The van der Waals surface area contributed by atoms with Gasteiger partial charge in [-0.15, -0.1) is 0 Å². The smallest absolute Gasteiger partial charge is 0.270 e. The lowest BCUT2D eigenvalue weighted by atomic mass is 10.2.